The maximum atomic E-state index is 5.48. The predicted octanol–water partition coefficient (Wildman–Crippen LogP) is 2.27. The lowest BCUT2D eigenvalue weighted by atomic mass is 10.2. The van der Waals surface area contributed by atoms with Crippen LogP contribution in [-0.4, -0.2) is 29.2 Å². The van der Waals surface area contributed by atoms with Crippen LogP contribution in [0.5, 0.6) is 0 Å². The molecule has 0 aliphatic carbocycles. The van der Waals surface area contributed by atoms with Gasteiger partial charge in [0.05, 0.1) is 6.61 Å². The van der Waals surface area contributed by atoms with Crippen molar-refractivity contribution in [3.8, 4) is 11.4 Å². The van der Waals surface area contributed by atoms with E-state index in [1.165, 1.54) is 0 Å². The SMILES string of the molecule is CCOCC(C)Nc1cc(NN)nc(-c2ccccc2)n1. The number of aromatic nitrogens is 2. The molecule has 6 heteroatoms. The molecule has 1 aromatic carbocycles. The van der Waals surface area contributed by atoms with Crippen LogP contribution in [0.1, 0.15) is 13.8 Å². The molecule has 0 spiro atoms. The van der Waals surface area contributed by atoms with Gasteiger partial charge >= 0.3 is 0 Å². The standard InChI is InChI=1S/C15H21N5O/c1-3-21-10-11(2)17-13-9-14(20-16)19-15(18-13)12-7-5-4-6-8-12/h4-9,11H,3,10,16H2,1-2H3,(H2,17,18,19,20). The third-order valence-electron chi connectivity index (χ3n) is 2.87. The molecule has 1 unspecified atom stereocenters. The van der Waals surface area contributed by atoms with Crippen LogP contribution in [0, 0.1) is 0 Å². The number of benzene rings is 1. The molecule has 1 aromatic heterocycles. The van der Waals surface area contributed by atoms with E-state index in [9.17, 15) is 0 Å². The maximum absolute atomic E-state index is 5.48. The Morgan fingerprint density at radius 2 is 1.90 bits per heavy atom. The average Bonchev–Trinajstić information content (AvgIpc) is 2.53. The molecule has 0 aliphatic heterocycles. The van der Waals surface area contributed by atoms with Gasteiger partial charge in [-0.05, 0) is 13.8 Å². The van der Waals surface area contributed by atoms with Crippen LogP contribution in [-0.2, 0) is 4.74 Å². The molecule has 0 amide bonds. The number of anilines is 2. The van der Waals surface area contributed by atoms with Gasteiger partial charge in [-0.15, -0.1) is 0 Å². The van der Waals surface area contributed by atoms with Gasteiger partial charge in [0.2, 0.25) is 0 Å². The monoisotopic (exact) mass is 287 g/mol. The molecule has 0 saturated heterocycles. The average molecular weight is 287 g/mol. The zero-order chi connectivity index (χ0) is 15.1. The predicted molar refractivity (Wildman–Crippen MR) is 84.9 cm³/mol. The van der Waals surface area contributed by atoms with Crippen molar-refractivity contribution < 1.29 is 4.74 Å². The van der Waals surface area contributed by atoms with Crippen molar-refractivity contribution in [3.05, 3.63) is 36.4 Å². The van der Waals surface area contributed by atoms with Gasteiger partial charge in [0.1, 0.15) is 11.6 Å². The van der Waals surface area contributed by atoms with Gasteiger partial charge in [-0.25, -0.2) is 15.8 Å². The minimum atomic E-state index is 0.147. The van der Waals surface area contributed by atoms with E-state index < -0.39 is 0 Å². The summed E-state index contributed by atoms with van der Waals surface area (Å²) in [6.45, 7) is 5.32. The summed E-state index contributed by atoms with van der Waals surface area (Å²) in [6, 6.07) is 11.7. The van der Waals surface area contributed by atoms with E-state index in [1.807, 2.05) is 44.2 Å². The van der Waals surface area contributed by atoms with Gasteiger partial charge in [0, 0.05) is 24.3 Å². The number of hydrogen-bond donors (Lipinski definition) is 3. The van der Waals surface area contributed by atoms with Crippen LogP contribution in [0.25, 0.3) is 11.4 Å². The quantitative estimate of drug-likeness (QED) is 0.535. The van der Waals surface area contributed by atoms with Crippen molar-refractivity contribution >= 4 is 11.6 Å². The molecule has 6 nitrogen and oxygen atoms in total. The molecule has 0 bridgehead atoms. The van der Waals surface area contributed by atoms with Crippen LogP contribution in [0.4, 0.5) is 11.6 Å². The summed E-state index contributed by atoms with van der Waals surface area (Å²) < 4.78 is 5.39. The molecule has 0 saturated carbocycles. The number of hydrogen-bond acceptors (Lipinski definition) is 6. The van der Waals surface area contributed by atoms with E-state index >= 15 is 0 Å². The second-order valence-electron chi connectivity index (χ2n) is 4.68. The van der Waals surface area contributed by atoms with E-state index in [4.69, 9.17) is 10.6 Å². The summed E-state index contributed by atoms with van der Waals surface area (Å²) >= 11 is 0. The van der Waals surface area contributed by atoms with Crippen LogP contribution >= 0.6 is 0 Å². The van der Waals surface area contributed by atoms with Gasteiger partial charge in [-0.3, -0.25) is 0 Å². The lowest BCUT2D eigenvalue weighted by Crippen LogP contribution is -2.23. The number of nitrogens with one attached hydrogen (secondary N) is 2. The Morgan fingerprint density at radius 3 is 2.57 bits per heavy atom. The zero-order valence-corrected chi connectivity index (χ0v) is 12.3. The molecule has 21 heavy (non-hydrogen) atoms. The molecular formula is C15H21N5O. The third-order valence-corrected chi connectivity index (χ3v) is 2.87. The van der Waals surface area contributed by atoms with E-state index in [0.717, 1.165) is 5.56 Å². The Hall–Kier alpha value is -2.18. The minimum Gasteiger partial charge on any atom is -0.380 e. The second kappa shape index (κ2) is 7.56. The molecule has 0 aliphatic rings. The molecule has 4 N–H and O–H groups in total. The van der Waals surface area contributed by atoms with Crippen molar-refractivity contribution in [2.45, 2.75) is 19.9 Å². The summed E-state index contributed by atoms with van der Waals surface area (Å²) in [7, 11) is 0. The molecule has 2 rings (SSSR count). The Morgan fingerprint density at radius 1 is 1.19 bits per heavy atom. The minimum absolute atomic E-state index is 0.147. The van der Waals surface area contributed by atoms with Gasteiger partial charge < -0.3 is 15.5 Å². The first-order valence-electron chi connectivity index (χ1n) is 6.98. The Bertz CT molecular complexity index is 561. The van der Waals surface area contributed by atoms with Crippen LogP contribution in [0.2, 0.25) is 0 Å². The topological polar surface area (TPSA) is 85.1 Å². The smallest absolute Gasteiger partial charge is 0.163 e. The molecular weight excluding hydrogens is 266 g/mol. The number of hydrazine groups is 1. The molecule has 0 radical (unpaired) electrons. The summed E-state index contributed by atoms with van der Waals surface area (Å²) in [5.74, 6) is 7.38. The number of rotatable bonds is 7. The fraction of sp³-hybridized carbons (Fsp3) is 0.333. The second-order valence-corrected chi connectivity index (χ2v) is 4.68. The molecule has 0 fully saturated rings. The highest BCUT2D eigenvalue weighted by molar-refractivity contribution is 5.61. The van der Waals surface area contributed by atoms with Crippen molar-refractivity contribution in [2.24, 2.45) is 5.84 Å². The normalized spacial score (nSPS) is 12.0. The Labute approximate surface area is 124 Å². The molecule has 112 valence electrons. The lowest BCUT2D eigenvalue weighted by molar-refractivity contribution is 0.141. The lowest BCUT2D eigenvalue weighted by Gasteiger charge is -2.15. The molecule has 2 aromatic rings. The third kappa shape index (κ3) is 4.40. The van der Waals surface area contributed by atoms with E-state index in [-0.39, 0.29) is 6.04 Å². The fourth-order valence-electron chi connectivity index (χ4n) is 1.90. The van der Waals surface area contributed by atoms with Crippen LogP contribution in [0.15, 0.2) is 36.4 Å². The summed E-state index contributed by atoms with van der Waals surface area (Å²) in [4.78, 5) is 8.90. The Kier molecular flexibility index (Phi) is 5.48. The first-order valence-corrected chi connectivity index (χ1v) is 6.98. The van der Waals surface area contributed by atoms with Gasteiger partial charge in [-0.2, -0.15) is 0 Å². The van der Waals surface area contributed by atoms with Gasteiger partial charge in [0.15, 0.2) is 5.82 Å². The van der Waals surface area contributed by atoms with Gasteiger partial charge in [-0.1, -0.05) is 30.3 Å². The van der Waals surface area contributed by atoms with Crippen molar-refractivity contribution in [2.75, 3.05) is 24.0 Å². The summed E-state index contributed by atoms with van der Waals surface area (Å²) in [6.07, 6.45) is 0. The Balaban J connectivity index is 2.22. The van der Waals surface area contributed by atoms with E-state index in [1.54, 1.807) is 6.07 Å². The van der Waals surface area contributed by atoms with Gasteiger partial charge in [0.25, 0.3) is 0 Å². The highest BCUT2D eigenvalue weighted by atomic mass is 16.5. The molecule has 1 heterocycles. The first-order chi connectivity index (χ1) is 10.2. The summed E-state index contributed by atoms with van der Waals surface area (Å²) in [5, 5.41) is 3.29. The molecule has 1 atom stereocenters. The maximum Gasteiger partial charge on any atom is 0.163 e. The fourth-order valence-corrected chi connectivity index (χ4v) is 1.90. The van der Waals surface area contributed by atoms with Crippen molar-refractivity contribution in [1.82, 2.24) is 9.97 Å². The van der Waals surface area contributed by atoms with Crippen LogP contribution < -0.4 is 16.6 Å². The van der Waals surface area contributed by atoms with Crippen LogP contribution in [0.3, 0.4) is 0 Å². The van der Waals surface area contributed by atoms with E-state index in [0.29, 0.717) is 30.7 Å². The zero-order valence-electron chi connectivity index (χ0n) is 12.3. The largest absolute Gasteiger partial charge is 0.380 e. The summed E-state index contributed by atoms with van der Waals surface area (Å²) in [5.41, 5.74) is 3.51. The van der Waals surface area contributed by atoms with Crippen molar-refractivity contribution in [1.29, 1.82) is 0 Å². The number of ether oxygens (including phenoxy) is 1. The highest BCUT2D eigenvalue weighted by Crippen LogP contribution is 2.20. The van der Waals surface area contributed by atoms with Crippen molar-refractivity contribution in [3.63, 3.8) is 0 Å². The highest BCUT2D eigenvalue weighted by Gasteiger charge is 2.08. The van der Waals surface area contributed by atoms with E-state index in [2.05, 4.69) is 20.7 Å². The first kappa shape index (κ1) is 15.2. The number of nitrogens with zero attached hydrogens (tertiary/aromatic N) is 2. The number of nitrogens with two attached hydrogens (primary N) is 1. The number of nitrogen functional groups attached to an aromatic ring is 1.